The number of anilines is 2. The van der Waals surface area contributed by atoms with Gasteiger partial charge in [0.1, 0.15) is 6.10 Å². The summed E-state index contributed by atoms with van der Waals surface area (Å²) in [5.74, 6) is -0.414. The van der Waals surface area contributed by atoms with Crippen LogP contribution < -0.4 is 10.0 Å². The highest BCUT2D eigenvalue weighted by Gasteiger charge is 2.18. The van der Waals surface area contributed by atoms with Gasteiger partial charge in [-0.05, 0) is 24.3 Å². The Balaban J connectivity index is 2.06. The van der Waals surface area contributed by atoms with E-state index in [1.807, 2.05) is 0 Å². The predicted molar refractivity (Wildman–Crippen MR) is 90.5 cm³/mol. The number of hydrogen-bond donors (Lipinski definition) is 3. The lowest BCUT2D eigenvalue weighted by Gasteiger charge is -2.14. The number of aliphatic hydroxyl groups excluding tert-OH is 1. The number of ether oxygens (including phenoxy) is 1. The summed E-state index contributed by atoms with van der Waals surface area (Å²) < 4.78 is 31.7. The van der Waals surface area contributed by atoms with Gasteiger partial charge >= 0.3 is 0 Å². The molecule has 0 aliphatic heterocycles. The summed E-state index contributed by atoms with van der Waals surface area (Å²) in [6.07, 6.45) is 0.900. The molecule has 130 valence electrons. The minimum Gasteiger partial charge on any atom is -0.396 e. The van der Waals surface area contributed by atoms with E-state index in [2.05, 4.69) is 15.0 Å². The monoisotopic (exact) mass is 371 g/mol. The van der Waals surface area contributed by atoms with Crippen LogP contribution in [0.15, 0.2) is 40.7 Å². The summed E-state index contributed by atoms with van der Waals surface area (Å²) in [6.45, 7) is -0.175. The number of methoxy groups -OCH3 is 1. The summed E-state index contributed by atoms with van der Waals surface area (Å²) in [6, 6.07) is 5.69. The Morgan fingerprint density at radius 2 is 2.08 bits per heavy atom. The maximum absolute atomic E-state index is 12.2. The third kappa shape index (κ3) is 4.74. The molecule has 3 N–H and O–H groups in total. The molecule has 0 bridgehead atoms. The topological polar surface area (TPSA) is 118 Å². The van der Waals surface area contributed by atoms with Crippen LogP contribution in [0.2, 0.25) is 0 Å². The maximum atomic E-state index is 12.2. The van der Waals surface area contributed by atoms with Crippen LogP contribution in [0.3, 0.4) is 0 Å². The van der Waals surface area contributed by atoms with Crippen LogP contribution in [0.5, 0.6) is 0 Å². The number of amides is 1. The van der Waals surface area contributed by atoms with E-state index < -0.39 is 22.0 Å². The number of carbonyl (C=O) groups excluding carboxylic acids is 1. The Labute approximate surface area is 143 Å². The van der Waals surface area contributed by atoms with Gasteiger partial charge in [-0.3, -0.25) is 9.52 Å². The zero-order chi connectivity index (χ0) is 17.6. The Kier molecular flexibility index (Phi) is 6.26. The first-order chi connectivity index (χ1) is 11.5. The second-order valence-electron chi connectivity index (χ2n) is 4.69. The van der Waals surface area contributed by atoms with E-state index in [9.17, 15) is 13.2 Å². The van der Waals surface area contributed by atoms with E-state index in [1.165, 1.54) is 48.9 Å². The first-order valence-corrected chi connectivity index (χ1v) is 9.29. The highest BCUT2D eigenvalue weighted by molar-refractivity contribution is 7.93. The molecule has 0 saturated carbocycles. The van der Waals surface area contributed by atoms with Crippen molar-refractivity contribution in [3.05, 3.63) is 35.8 Å². The predicted octanol–water partition coefficient (Wildman–Crippen LogP) is 1.28. The molecule has 1 aromatic heterocycles. The third-order valence-electron chi connectivity index (χ3n) is 3.05. The van der Waals surface area contributed by atoms with Gasteiger partial charge in [0.05, 0.1) is 4.90 Å². The Bertz CT molecular complexity index is 760. The van der Waals surface area contributed by atoms with Crippen LogP contribution >= 0.6 is 11.3 Å². The largest absolute Gasteiger partial charge is 0.396 e. The highest BCUT2D eigenvalue weighted by Crippen LogP contribution is 2.19. The Morgan fingerprint density at radius 3 is 2.62 bits per heavy atom. The average molecular weight is 371 g/mol. The van der Waals surface area contributed by atoms with Gasteiger partial charge in [0.25, 0.3) is 15.9 Å². The van der Waals surface area contributed by atoms with Crippen molar-refractivity contribution in [1.82, 2.24) is 4.98 Å². The average Bonchev–Trinajstić information content (AvgIpc) is 3.05. The van der Waals surface area contributed by atoms with Crippen molar-refractivity contribution < 1.29 is 23.1 Å². The SMILES string of the molecule is CO[C@H](CCO)C(=O)Nc1ccc(S(=O)(=O)Nc2nccs2)cc1. The molecule has 1 amide bonds. The van der Waals surface area contributed by atoms with Gasteiger partial charge in [0.15, 0.2) is 5.13 Å². The van der Waals surface area contributed by atoms with Crippen LogP contribution in [0.25, 0.3) is 0 Å². The summed E-state index contributed by atoms with van der Waals surface area (Å²) in [4.78, 5) is 15.9. The van der Waals surface area contributed by atoms with Crippen molar-refractivity contribution in [2.75, 3.05) is 23.8 Å². The van der Waals surface area contributed by atoms with Crippen molar-refractivity contribution in [2.45, 2.75) is 17.4 Å². The van der Waals surface area contributed by atoms with Crippen molar-refractivity contribution in [3.63, 3.8) is 0 Å². The summed E-state index contributed by atoms with van der Waals surface area (Å²) >= 11 is 1.17. The minimum absolute atomic E-state index is 0.0503. The fourth-order valence-corrected chi connectivity index (χ4v) is 3.65. The van der Waals surface area contributed by atoms with Gasteiger partial charge in [0.2, 0.25) is 0 Å². The van der Waals surface area contributed by atoms with Crippen LogP contribution in [-0.2, 0) is 19.6 Å². The standard InChI is InChI=1S/C14H17N3O5S2/c1-22-12(6-8-18)13(19)16-10-2-4-11(5-3-10)24(20,21)17-14-15-7-9-23-14/h2-5,7,9,12,18H,6,8H2,1H3,(H,15,17)(H,16,19)/t12-/m1/s1. The number of rotatable bonds is 8. The number of nitrogens with one attached hydrogen (secondary N) is 2. The number of sulfonamides is 1. The lowest BCUT2D eigenvalue weighted by Crippen LogP contribution is -2.30. The summed E-state index contributed by atoms with van der Waals surface area (Å²) in [7, 11) is -2.36. The minimum atomic E-state index is -3.73. The number of hydrogen-bond acceptors (Lipinski definition) is 7. The van der Waals surface area contributed by atoms with Gasteiger partial charge < -0.3 is 15.2 Å². The molecule has 0 aliphatic rings. The molecule has 0 spiro atoms. The molecular weight excluding hydrogens is 354 g/mol. The molecule has 0 unspecified atom stereocenters. The second kappa shape index (κ2) is 8.20. The molecule has 0 radical (unpaired) electrons. The Morgan fingerprint density at radius 1 is 1.38 bits per heavy atom. The van der Waals surface area contributed by atoms with E-state index in [4.69, 9.17) is 9.84 Å². The Hall–Kier alpha value is -2.01. The molecule has 0 fully saturated rings. The van der Waals surface area contributed by atoms with Crippen LogP contribution in [-0.4, -0.2) is 44.2 Å². The summed E-state index contributed by atoms with van der Waals surface area (Å²) in [5, 5.41) is 13.4. The first kappa shape index (κ1) is 18.3. The number of carbonyl (C=O) groups is 1. The molecule has 1 heterocycles. The molecule has 1 atom stereocenters. The molecule has 1 aromatic carbocycles. The van der Waals surface area contributed by atoms with Crippen molar-refractivity contribution in [3.8, 4) is 0 Å². The molecule has 0 aliphatic carbocycles. The van der Waals surface area contributed by atoms with Crippen LogP contribution in [0.4, 0.5) is 10.8 Å². The number of nitrogens with zero attached hydrogens (tertiary/aromatic N) is 1. The van der Waals surface area contributed by atoms with Crippen molar-refractivity contribution >= 4 is 38.1 Å². The lowest BCUT2D eigenvalue weighted by molar-refractivity contribution is -0.126. The van der Waals surface area contributed by atoms with Crippen molar-refractivity contribution in [1.29, 1.82) is 0 Å². The van der Waals surface area contributed by atoms with Crippen LogP contribution in [0, 0.1) is 0 Å². The van der Waals surface area contributed by atoms with Gasteiger partial charge in [-0.2, -0.15) is 0 Å². The molecule has 2 aromatic rings. The van der Waals surface area contributed by atoms with E-state index >= 15 is 0 Å². The second-order valence-corrected chi connectivity index (χ2v) is 7.27. The van der Waals surface area contributed by atoms with Crippen molar-refractivity contribution in [2.24, 2.45) is 0 Å². The zero-order valence-corrected chi connectivity index (χ0v) is 14.4. The number of benzene rings is 1. The molecule has 24 heavy (non-hydrogen) atoms. The smallest absolute Gasteiger partial charge is 0.263 e. The van der Waals surface area contributed by atoms with Gasteiger partial charge in [-0.25, -0.2) is 13.4 Å². The lowest BCUT2D eigenvalue weighted by atomic mass is 10.2. The van der Waals surface area contributed by atoms with Gasteiger partial charge in [-0.15, -0.1) is 11.3 Å². The molecule has 10 heteroatoms. The summed E-state index contributed by atoms with van der Waals surface area (Å²) in [5.41, 5.74) is 0.424. The molecule has 2 rings (SSSR count). The van der Waals surface area contributed by atoms with Gasteiger partial charge in [-0.1, -0.05) is 0 Å². The normalized spacial score (nSPS) is 12.6. The number of aromatic nitrogens is 1. The first-order valence-electron chi connectivity index (χ1n) is 6.93. The van der Waals surface area contributed by atoms with E-state index in [0.29, 0.717) is 5.69 Å². The maximum Gasteiger partial charge on any atom is 0.263 e. The van der Waals surface area contributed by atoms with E-state index in [1.54, 1.807) is 5.38 Å². The zero-order valence-electron chi connectivity index (χ0n) is 12.8. The molecule has 0 saturated heterocycles. The van der Waals surface area contributed by atoms with Gasteiger partial charge in [0, 0.05) is 37.4 Å². The molecular formula is C14H17N3O5S2. The van der Waals surface area contributed by atoms with E-state index in [0.717, 1.165) is 0 Å². The number of thiazole rings is 1. The fourth-order valence-electron chi connectivity index (χ4n) is 1.86. The van der Waals surface area contributed by atoms with Crippen LogP contribution in [0.1, 0.15) is 6.42 Å². The quantitative estimate of drug-likeness (QED) is 0.643. The third-order valence-corrected chi connectivity index (χ3v) is 5.23. The highest BCUT2D eigenvalue weighted by atomic mass is 32.2. The number of aliphatic hydroxyl groups is 1. The van der Waals surface area contributed by atoms with E-state index in [-0.39, 0.29) is 23.1 Å². The molecule has 8 nitrogen and oxygen atoms in total. The fraction of sp³-hybridized carbons (Fsp3) is 0.286.